The summed E-state index contributed by atoms with van der Waals surface area (Å²) in [4.78, 5) is 26.4. The molecule has 1 aliphatic heterocycles. The number of nitrogens with zero attached hydrogens (tertiary/aromatic N) is 1. The van der Waals surface area contributed by atoms with Gasteiger partial charge in [-0.25, -0.2) is 0 Å². The Morgan fingerprint density at radius 3 is 2.89 bits per heavy atom. The Hall–Kier alpha value is -1.49. The molecule has 19 heavy (non-hydrogen) atoms. The lowest BCUT2D eigenvalue weighted by atomic mass is 10.2. The number of amides is 2. The summed E-state index contributed by atoms with van der Waals surface area (Å²) in [5.74, 6) is 0.745. The van der Waals surface area contributed by atoms with Gasteiger partial charge in [-0.15, -0.1) is 11.8 Å². The lowest BCUT2D eigenvalue weighted by Gasteiger charge is -2.32. The van der Waals surface area contributed by atoms with Crippen molar-refractivity contribution in [1.29, 1.82) is 0 Å². The second kappa shape index (κ2) is 6.61. The van der Waals surface area contributed by atoms with E-state index in [0.717, 1.165) is 5.75 Å². The molecule has 0 saturated carbocycles. The molecule has 1 unspecified atom stereocenters. The Bertz CT molecular complexity index is 450. The van der Waals surface area contributed by atoms with Gasteiger partial charge in [0.15, 0.2) is 0 Å². The maximum Gasteiger partial charge on any atom is 0.242 e. The van der Waals surface area contributed by atoms with Crippen molar-refractivity contribution in [3.05, 3.63) is 30.3 Å². The lowest BCUT2D eigenvalue weighted by Crippen LogP contribution is -2.55. The zero-order valence-electron chi connectivity index (χ0n) is 11.0. The molecule has 2 amide bonds. The highest BCUT2D eigenvalue weighted by Gasteiger charge is 2.28. The van der Waals surface area contributed by atoms with Gasteiger partial charge >= 0.3 is 0 Å². The van der Waals surface area contributed by atoms with Gasteiger partial charge in [-0.2, -0.15) is 0 Å². The summed E-state index contributed by atoms with van der Waals surface area (Å²) in [6, 6.07) is 9.67. The van der Waals surface area contributed by atoms with Crippen molar-refractivity contribution in [3.63, 3.8) is 0 Å². The van der Waals surface area contributed by atoms with Crippen molar-refractivity contribution in [2.45, 2.75) is 24.3 Å². The first-order valence-corrected chi connectivity index (χ1v) is 7.42. The third kappa shape index (κ3) is 3.73. The maximum absolute atomic E-state index is 12.1. The topological polar surface area (TPSA) is 49.4 Å². The first kappa shape index (κ1) is 13.9. The summed E-state index contributed by atoms with van der Waals surface area (Å²) in [7, 11) is 0. The Kier molecular flexibility index (Phi) is 4.85. The van der Waals surface area contributed by atoms with Gasteiger partial charge in [0.2, 0.25) is 11.8 Å². The molecule has 1 N–H and O–H groups in total. The fourth-order valence-electron chi connectivity index (χ4n) is 2.04. The van der Waals surface area contributed by atoms with E-state index in [1.165, 1.54) is 4.90 Å². The van der Waals surface area contributed by atoms with Crippen molar-refractivity contribution in [2.24, 2.45) is 0 Å². The van der Waals surface area contributed by atoms with Gasteiger partial charge in [0, 0.05) is 30.2 Å². The SMILES string of the molecule is CC1C(=O)NCCN1C(=O)CCSc1ccccc1. The minimum Gasteiger partial charge on any atom is -0.353 e. The Balaban J connectivity index is 1.79. The molecule has 1 atom stereocenters. The third-order valence-corrected chi connectivity index (χ3v) is 4.16. The number of hydrogen-bond donors (Lipinski definition) is 1. The van der Waals surface area contributed by atoms with E-state index >= 15 is 0 Å². The molecule has 2 rings (SSSR count). The molecule has 1 aromatic rings. The summed E-state index contributed by atoms with van der Waals surface area (Å²) < 4.78 is 0. The molecule has 4 nitrogen and oxygen atoms in total. The number of hydrogen-bond acceptors (Lipinski definition) is 3. The molecular weight excluding hydrogens is 260 g/mol. The first-order chi connectivity index (χ1) is 9.18. The highest BCUT2D eigenvalue weighted by atomic mass is 32.2. The molecule has 102 valence electrons. The number of piperazine rings is 1. The normalized spacial score (nSPS) is 19.1. The predicted molar refractivity (Wildman–Crippen MR) is 76.0 cm³/mol. The second-order valence-electron chi connectivity index (χ2n) is 4.47. The van der Waals surface area contributed by atoms with Gasteiger partial charge in [-0.1, -0.05) is 18.2 Å². The number of thioether (sulfide) groups is 1. The van der Waals surface area contributed by atoms with Crippen LogP contribution in [0.4, 0.5) is 0 Å². The monoisotopic (exact) mass is 278 g/mol. The molecule has 1 aromatic carbocycles. The summed E-state index contributed by atoms with van der Waals surface area (Å²) in [6.45, 7) is 2.94. The molecule has 0 aliphatic carbocycles. The van der Waals surface area contributed by atoms with Crippen molar-refractivity contribution < 1.29 is 9.59 Å². The smallest absolute Gasteiger partial charge is 0.242 e. The first-order valence-electron chi connectivity index (χ1n) is 6.43. The Morgan fingerprint density at radius 2 is 2.16 bits per heavy atom. The van der Waals surface area contributed by atoms with Gasteiger partial charge in [-0.3, -0.25) is 9.59 Å². The molecule has 0 spiro atoms. The molecule has 0 aromatic heterocycles. The number of nitrogens with one attached hydrogen (secondary N) is 1. The average Bonchev–Trinajstić information content (AvgIpc) is 2.43. The van der Waals surface area contributed by atoms with Crippen LogP contribution in [-0.4, -0.2) is 41.6 Å². The summed E-state index contributed by atoms with van der Waals surface area (Å²) in [6.07, 6.45) is 0.469. The number of benzene rings is 1. The van der Waals surface area contributed by atoms with E-state index in [1.54, 1.807) is 23.6 Å². The van der Waals surface area contributed by atoms with Crippen molar-refractivity contribution in [2.75, 3.05) is 18.8 Å². The van der Waals surface area contributed by atoms with Crippen LogP contribution < -0.4 is 5.32 Å². The minimum absolute atomic E-state index is 0.0599. The average molecular weight is 278 g/mol. The minimum atomic E-state index is -0.344. The standard InChI is InChI=1S/C14H18N2O2S/c1-11-14(18)15-8-9-16(11)13(17)7-10-19-12-5-3-2-4-6-12/h2-6,11H,7-10H2,1H3,(H,15,18). The summed E-state index contributed by atoms with van der Waals surface area (Å²) >= 11 is 1.67. The van der Waals surface area contributed by atoms with Gasteiger partial charge in [0.25, 0.3) is 0 Å². The van der Waals surface area contributed by atoms with Crippen LogP contribution in [0.25, 0.3) is 0 Å². The molecule has 1 heterocycles. The van der Waals surface area contributed by atoms with E-state index in [9.17, 15) is 9.59 Å². The summed E-state index contributed by atoms with van der Waals surface area (Å²) in [5.41, 5.74) is 0. The van der Waals surface area contributed by atoms with E-state index in [1.807, 2.05) is 30.3 Å². The lowest BCUT2D eigenvalue weighted by molar-refractivity contribution is -0.142. The van der Waals surface area contributed by atoms with Crippen molar-refractivity contribution >= 4 is 23.6 Å². The van der Waals surface area contributed by atoms with E-state index in [0.29, 0.717) is 19.5 Å². The van der Waals surface area contributed by atoms with Crippen LogP contribution in [0.5, 0.6) is 0 Å². The highest BCUT2D eigenvalue weighted by molar-refractivity contribution is 7.99. The van der Waals surface area contributed by atoms with E-state index in [4.69, 9.17) is 0 Å². The fraction of sp³-hybridized carbons (Fsp3) is 0.429. The molecule has 1 fully saturated rings. The number of carbonyl (C=O) groups excluding carboxylic acids is 2. The number of rotatable bonds is 4. The van der Waals surface area contributed by atoms with Crippen molar-refractivity contribution in [3.8, 4) is 0 Å². The van der Waals surface area contributed by atoms with Gasteiger partial charge in [-0.05, 0) is 19.1 Å². The van der Waals surface area contributed by atoms with Crippen LogP contribution in [0.1, 0.15) is 13.3 Å². The van der Waals surface area contributed by atoms with E-state index in [2.05, 4.69) is 5.32 Å². The van der Waals surface area contributed by atoms with Crippen LogP contribution in [0.15, 0.2) is 35.2 Å². The summed E-state index contributed by atoms with van der Waals surface area (Å²) in [5, 5.41) is 2.76. The Labute approximate surface area is 117 Å². The van der Waals surface area contributed by atoms with Gasteiger partial charge < -0.3 is 10.2 Å². The van der Waals surface area contributed by atoms with Gasteiger partial charge in [0.05, 0.1) is 0 Å². The van der Waals surface area contributed by atoms with Crippen LogP contribution in [-0.2, 0) is 9.59 Å². The zero-order valence-corrected chi connectivity index (χ0v) is 11.8. The maximum atomic E-state index is 12.1. The zero-order chi connectivity index (χ0) is 13.7. The van der Waals surface area contributed by atoms with Crippen LogP contribution in [0.2, 0.25) is 0 Å². The highest BCUT2D eigenvalue weighted by Crippen LogP contribution is 2.18. The Morgan fingerprint density at radius 1 is 1.42 bits per heavy atom. The van der Waals surface area contributed by atoms with Gasteiger partial charge in [0.1, 0.15) is 6.04 Å². The molecular formula is C14H18N2O2S. The quantitative estimate of drug-likeness (QED) is 0.850. The molecule has 1 aliphatic rings. The number of carbonyl (C=O) groups is 2. The van der Waals surface area contributed by atoms with Crippen LogP contribution in [0, 0.1) is 0 Å². The molecule has 1 saturated heterocycles. The van der Waals surface area contributed by atoms with Crippen LogP contribution >= 0.6 is 11.8 Å². The largest absolute Gasteiger partial charge is 0.353 e. The van der Waals surface area contributed by atoms with Crippen molar-refractivity contribution in [1.82, 2.24) is 10.2 Å². The van der Waals surface area contributed by atoms with Crippen LogP contribution in [0.3, 0.4) is 0 Å². The molecule has 0 radical (unpaired) electrons. The fourth-order valence-corrected chi connectivity index (χ4v) is 2.90. The third-order valence-electron chi connectivity index (χ3n) is 3.15. The molecule has 5 heteroatoms. The molecule has 0 bridgehead atoms. The second-order valence-corrected chi connectivity index (χ2v) is 5.63. The van der Waals surface area contributed by atoms with E-state index < -0.39 is 0 Å². The predicted octanol–water partition coefficient (Wildman–Crippen LogP) is 1.52. The van der Waals surface area contributed by atoms with E-state index in [-0.39, 0.29) is 17.9 Å².